The number of aliphatic hydroxyl groups is 1. The van der Waals surface area contributed by atoms with E-state index in [2.05, 4.69) is 0 Å². The smallest absolute Gasteiger partial charge is 0.215 e. The molecule has 0 heterocycles. The average Bonchev–Trinajstić information content (AvgIpc) is 1.84. The van der Waals surface area contributed by atoms with Crippen LogP contribution < -0.4 is 0 Å². The van der Waals surface area contributed by atoms with Gasteiger partial charge in [0, 0.05) is 17.8 Å². The van der Waals surface area contributed by atoms with E-state index in [1.807, 2.05) is 0 Å². The first-order valence-corrected chi connectivity index (χ1v) is 2.84. The van der Waals surface area contributed by atoms with Gasteiger partial charge in [0.15, 0.2) is 0 Å². The molecule has 0 spiro atoms. The van der Waals surface area contributed by atoms with Gasteiger partial charge in [-0.05, 0) is 0 Å². The molecule has 54 valence electrons. The summed E-state index contributed by atoms with van der Waals surface area (Å²) >= 11 is 0. The van der Waals surface area contributed by atoms with Gasteiger partial charge in [-0.1, -0.05) is 6.92 Å². The van der Waals surface area contributed by atoms with Crippen molar-refractivity contribution in [3.8, 4) is 0 Å². The van der Waals surface area contributed by atoms with Gasteiger partial charge in [0.05, 0.1) is 6.61 Å². The Kier molecular flexibility index (Phi) is 3.16. The van der Waals surface area contributed by atoms with E-state index in [0.29, 0.717) is 0 Å². The highest BCUT2D eigenvalue weighted by Crippen LogP contribution is 2.03. The van der Waals surface area contributed by atoms with Gasteiger partial charge in [0.25, 0.3) is 0 Å². The molecule has 0 amide bonds. The molecule has 0 saturated carbocycles. The van der Waals surface area contributed by atoms with Crippen molar-refractivity contribution < 1.29 is 10.0 Å². The molecular weight excluding hydrogens is 122 g/mol. The second-order valence-corrected chi connectivity index (χ2v) is 2.19. The number of aliphatic hydroxyl groups excluding tert-OH is 1. The van der Waals surface area contributed by atoms with Gasteiger partial charge in [-0.25, -0.2) is 0 Å². The van der Waals surface area contributed by atoms with Gasteiger partial charge >= 0.3 is 0 Å². The lowest BCUT2D eigenvalue weighted by atomic mass is 10.1. The summed E-state index contributed by atoms with van der Waals surface area (Å²) in [6, 6.07) is -0.644. The van der Waals surface area contributed by atoms with Crippen LogP contribution in [0.1, 0.15) is 13.8 Å². The molecule has 0 radical (unpaired) electrons. The van der Waals surface area contributed by atoms with Crippen molar-refractivity contribution in [2.75, 3.05) is 6.61 Å². The standard InChI is InChI=1S/C5H11NO3/c1-4(3-7)5(2)6(8)9/h4-5,7H,3H2,1-2H3. The van der Waals surface area contributed by atoms with Crippen molar-refractivity contribution in [1.29, 1.82) is 0 Å². The molecule has 1 N–H and O–H groups in total. The quantitative estimate of drug-likeness (QED) is 0.444. The third-order valence-electron chi connectivity index (χ3n) is 1.44. The molecule has 0 rings (SSSR count). The average molecular weight is 133 g/mol. The predicted molar refractivity (Wildman–Crippen MR) is 32.7 cm³/mol. The first kappa shape index (κ1) is 8.36. The summed E-state index contributed by atoms with van der Waals surface area (Å²) < 4.78 is 0. The normalized spacial score (nSPS) is 16.8. The van der Waals surface area contributed by atoms with E-state index in [1.54, 1.807) is 6.92 Å². The van der Waals surface area contributed by atoms with E-state index in [1.165, 1.54) is 6.92 Å². The molecule has 4 heteroatoms. The molecule has 0 aliphatic carbocycles. The SMILES string of the molecule is CC(CO)C(C)[N+](=O)[O-]. The zero-order valence-corrected chi connectivity index (χ0v) is 5.57. The topological polar surface area (TPSA) is 63.4 Å². The minimum atomic E-state index is -0.644. The lowest BCUT2D eigenvalue weighted by Gasteiger charge is -2.08. The van der Waals surface area contributed by atoms with Crippen LogP contribution in [0.25, 0.3) is 0 Å². The first-order chi connectivity index (χ1) is 4.09. The molecule has 0 bridgehead atoms. The molecule has 9 heavy (non-hydrogen) atoms. The Morgan fingerprint density at radius 2 is 2.11 bits per heavy atom. The summed E-state index contributed by atoms with van der Waals surface area (Å²) in [5.41, 5.74) is 0. The summed E-state index contributed by atoms with van der Waals surface area (Å²) in [4.78, 5) is 9.61. The molecule has 0 aromatic rings. The molecular formula is C5H11NO3. The minimum Gasteiger partial charge on any atom is -0.396 e. The largest absolute Gasteiger partial charge is 0.396 e. The Morgan fingerprint density at radius 3 is 2.22 bits per heavy atom. The highest BCUT2D eigenvalue weighted by molar-refractivity contribution is 4.56. The maximum atomic E-state index is 9.99. The van der Waals surface area contributed by atoms with Crippen LogP contribution in [0.4, 0.5) is 0 Å². The van der Waals surface area contributed by atoms with E-state index in [0.717, 1.165) is 0 Å². The molecule has 0 saturated heterocycles. The summed E-state index contributed by atoms with van der Waals surface area (Å²) in [5, 5.41) is 18.4. The molecule has 0 aromatic heterocycles. The van der Waals surface area contributed by atoms with Crippen molar-refractivity contribution in [2.45, 2.75) is 19.9 Å². The summed E-state index contributed by atoms with van der Waals surface area (Å²) in [7, 11) is 0. The Hall–Kier alpha value is -0.640. The number of nitrogens with zero attached hydrogens (tertiary/aromatic N) is 1. The van der Waals surface area contributed by atoms with Gasteiger partial charge in [0.2, 0.25) is 6.04 Å². The van der Waals surface area contributed by atoms with Gasteiger partial charge < -0.3 is 5.11 Å². The summed E-state index contributed by atoms with van der Waals surface area (Å²) in [6.45, 7) is 3.01. The number of hydrogen-bond acceptors (Lipinski definition) is 3. The van der Waals surface area contributed by atoms with Crippen molar-refractivity contribution in [2.24, 2.45) is 5.92 Å². The fourth-order valence-corrected chi connectivity index (χ4v) is 0.360. The Labute approximate surface area is 53.6 Å². The van der Waals surface area contributed by atoms with Crippen LogP contribution in [-0.4, -0.2) is 22.7 Å². The van der Waals surface area contributed by atoms with Crippen LogP contribution in [0.15, 0.2) is 0 Å². The van der Waals surface area contributed by atoms with Crippen molar-refractivity contribution in [3.63, 3.8) is 0 Å². The van der Waals surface area contributed by atoms with Crippen molar-refractivity contribution >= 4 is 0 Å². The Bertz CT molecular complexity index is 104. The van der Waals surface area contributed by atoms with Gasteiger partial charge in [0.1, 0.15) is 0 Å². The van der Waals surface area contributed by atoms with E-state index >= 15 is 0 Å². The van der Waals surface area contributed by atoms with Gasteiger partial charge in [-0.2, -0.15) is 0 Å². The molecule has 0 aromatic carbocycles. The van der Waals surface area contributed by atoms with Crippen LogP contribution in [0.3, 0.4) is 0 Å². The number of rotatable bonds is 3. The lowest BCUT2D eigenvalue weighted by Crippen LogP contribution is -2.25. The second kappa shape index (κ2) is 3.40. The fraction of sp³-hybridized carbons (Fsp3) is 1.00. The zero-order valence-electron chi connectivity index (χ0n) is 5.57. The highest BCUT2D eigenvalue weighted by Gasteiger charge is 2.20. The van der Waals surface area contributed by atoms with Crippen LogP contribution in [0, 0.1) is 16.0 Å². The third kappa shape index (κ3) is 2.41. The number of nitro groups is 1. The first-order valence-electron chi connectivity index (χ1n) is 2.84. The second-order valence-electron chi connectivity index (χ2n) is 2.19. The molecule has 2 atom stereocenters. The molecule has 0 aliphatic heterocycles. The lowest BCUT2D eigenvalue weighted by molar-refractivity contribution is -0.527. The predicted octanol–water partition coefficient (Wildman–Crippen LogP) is 0.280. The summed E-state index contributed by atoms with van der Waals surface area (Å²) in [6.07, 6.45) is 0. The van der Waals surface area contributed by atoms with Crippen LogP contribution in [0.5, 0.6) is 0 Å². The molecule has 0 aliphatic rings. The van der Waals surface area contributed by atoms with E-state index in [-0.39, 0.29) is 17.4 Å². The van der Waals surface area contributed by atoms with Crippen LogP contribution in [-0.2, 0) is 0 Å². The zero-order chi connectivity index (χ0) is 7.44. The Balaban J connectivity index is 3.72. The maximum Gasteiger partial charge on any atom is 0.215 e. The highest BCUT2D eigenvalue weighted by atomic mass is 16.6. The van der Waals surface area contributed by atoms with Crippen molar-refractivity contribution in [1.82, 2.24) is 0 Å². The van der Waals surface area contributed by atoms with Crippen LogP contribution in [0.2, 0.25) is 0 Å². The molecule has 0 fully saturated rings. The Morgan fingerprint density at radius 1 is 1.67 bits per heavy atom. The minimum absolute atomic E-state index is 0.123. The van der Waals surface area contributed by atoms with E-state index in [9.17, 15) is 10.1 Å². The number of hydrogen-bond donors (Lipinski definition) is 1. The third-order valence-corrected chi connectivity index (χ3v) is 1.44. The molecule has 2 unspecified atom stereocenters. The van der Waals surface area contributed by atoms with Gasteiger partial charge in [-0.15, -0.1) is 0 Å². The van der Waals surface area contributed by atoms with Crippen LogP contribution >= 0.6 is 0 Å². The monoisotopic (exact) mass is 133 g/mol. The summed E-state index contributed by atoms with van der Waals surface area (Å²) in [5.74, 6) is -0.250. The fourth-order valence-electron chi connectivity index (χ4n) is 0.360. The van der Waals surface area contributed by atoms with Crippen molar-refractivity contribution in [3.05, 3.63) is 10.1 Å². The van der Waals surface area contributed by atoms with Gasteiger partial charge in [-0.3, -0.25) is 10.1 Å². The molecule has 4 nitrogen and oxygen atoms in total. The maximum absolute atomic E-state index is 9.99. The van der Waals surface area contributed by atoms with E-state index < -0.39 is 6.04 Å². The van der Waals surface area contributed by atoms with E-state index in [4.69, 9.17) is 5.11 Å².